The van der Waals surface area contributed by atoms with Crippen LogP contribution in [0.25, 0.3) is 16.9 Å². The van der Waals surface area contributed by atoms with Gasteiger partial charge < -0.3 is 9.80 Å². The Morgan fingerprint density at radius 3 is 2.52 bits per heavy atom. The monoisotopic (exact) mass is 419 g/mol. The standard InChI is InChI=1S/C23H29N7O/c1-17-6-9-19(10-7-17)30-23-21(26-27-30)22(24-16-25-23)29-14-12-28(13-15-29)20(31)11-8-18-4-2-3-5-18/h6-7,9-10,16,18H,2-5,8,11-15H2,1H3. The summed E-state index contributed by atoms with van der Waals surface area (Å²) in [5.74, 6) is 1.85. The maximum Gasteiger partial charge on any atom is 0.222 e. The summed E-state index contributed by atoms with van der Waals surface area (Å²) in [6.45, 7) is 5.00. The van der Waals surface area contributed by atoms with Crippen LogP contribution in [0.1, 0.15) is 44.1 Å². The second-order valence-corrected chi connectivity index (χ2v) is 8.76. The molecule has 8 nitrogen and oxygen atoms in total. The molecule has 162 valence electrons. The summed E-state index contributed by atoms with van der Waals surface area (Å²) in [7, 11) is 0. The highest BCUT2D eigenvalue weighted by atomic mass is 16.2. The van der Waals surface area contributed by atoms with E-state index in [9.17, 15) is 4.79 Å². The Balaban J connectivity index is 1.26. The fourth-order valence-electron chi connectivity index (χ4n) is 4.78. The first-order chi connectivity index (χ1) is 15.2. The van der Waals surface area contributed by atoms with Crippen molar-refractivity contribution in [2.45, 2.75) is 45.4 Å². The van der Waals surface area contributed by atoms with E-state index in [0.29, 0.717) is 23.5 Å². The van der Waals surface area contributed by atoms with E-state index in [1.54, 1.807) is 11.0 Å². The zero-order chi connectivity index (χ0) is 21.2. The van der Waals surface area contributed by atoms with Gasteiger partial charge in [-0.15, -0.1) is 5.10 Å². The minimum atomic E-state index is 0.296. The molecule has 3 aromatic rings. The number of anilines is 1. The molecule has 31 heavy (non-hydrogen) atoms. The first kappa shape index (κ1) is 19.9. The van der Waals surface area contributed by atoms with Gasteiger partial charge in [0.2, 0.25) is 5.91 Å². The Hall–Kier alpha value is -3.03. The summed E-state index contributed by atoms with van der Waals surface area (Å²) in [6, 6.07) is 8.13. The lowest BCUT2D eigenvalue weighted by atomic mass is 10.0. The summed E-state index contributed by atoms with van der Waals surface area (Å²) >= 11 is 0. The first-order valence-electron chi connectivity index (χ1n) is 11.4. The third-order valence-electron chi connectivity index (χ3n) is 6.67. The number of nitrogens with zero attached hydrogens (tertiary/aromatic N) is 7. The molecule has 0 spiro atoms. The van der Waals surface area contributed by atoms with E-state index in [2.05, 4.69) is 32.1 Å². The molecule has 2 aromatic heterocycles. The molecule has 1 aliphatic carbocycles. The molecule has 1 amide bonds. The van der Waals surface area contributed by atoms with E-state index >= 15 is 0 Å². The summed E-state index contributed by atoms with van der Waals surface area (Å²) in [6.07, 6.45) is 8.58. The largest absolute Gasteiger partial charge is 0.351 e. The Bertz CT molecular complexity index is 1050. The van der Waals surface area contributed by atoms with Crippen molar-refractivity contribution in [3.63, 3.8) is 0 Å². The number of fused-ring (bicyclic) bond motifs is 1. The van der Waals surface area contributed by atoms with Gasteiger partial charge in [0.05, 0.1) is 5.69 Å². The number of carbonyl (C=O) groups excluding carboxylic acids is 1. The highest BCUT2D eigenvalue weighted by Gasteiger charge is 2.25. The molecular weight excluding hydrogens is 390 g/mol. The third-order valence-corrected chi connectivity index (χ3v) is 6.67. The van der Waals surface area contributed by atoms with Crippen molar-refractivity contribution in [3.8, 4) is 5.69 Å². The van der Waals surface area contributed by atoms with Gasteiger partial charge in [-0.3, -0.25) is 4.79 Å². The van der Waals surface area contributed by atoms with Gasteiger partial charge in [-0.2, -0.15) is 4.68 Å². The van der Waals surface area contributed by atoms with Gasteiger partial charge in [0, 0.05) is 32.6 Å². The number of rotatable bonds is 5. The van der Waals surface area contributed by atoms with Crippen LogP contribution in [0.3, 0.4) is 0 Å². The number of amides is 1. The van der Waals surface area contributed by atoms with Crippen LogP contribution in [0.2, 0.25) is 0 Å². The second-order valence-electron chi connectivity index (χ2n) is 8.76. The third kappa shape index (κ3) is 4.11. The molecule has 1 saturated carbocycles. The minimum Gasteiger partial charge on any atom is -0.351 e. The molecule has 0 atom stereocenters. The summed E-state index contributed by atoms with van der Waals surface area (Å²) < 4.78 is 1.75. The predicted molar refractivity (Wildman–Crippen MR) is 119 cm³/mol. The Morgan fingerprint density at radius 2 is 1.77 bits per heavy atom. The SMILES string of the molecule is Cc1ccc(-n2nnc3c(N4CCN(C(=O)CCC5CCCC5)CC4)ncnc32)cc1. The van der Waals surface area contributed by atoms with Crippen LogP contribution in [0.5, 0.6) is 0 Å². The molecule has 0 unspecified atom stereocenters. The molecule has 2 aliphatic rings. The molecule has 0 radical (unpaired) electrons. The average molecular weight is 420 g/mol. The quantitative estimate of drug-likeness (QED) is 0.632. The minimum absolute atomic E-state index is 0.296. The summed E-state index contributed by atoms with van der Waals surface area (Å²) in [4.78, 5) is 25.8. The van der Waals surface area contributed by atoms with Crippen LogP contribution in [0.15, 0.2) is 30.6 Å². The van der Waals surface area contributed by atoms with Crippen LogP contribution in [-0.4, -0.2) is 61.9 Å². The van der Waals surface area contributed by atoms with Gasteiger partial charge in [-0.25, -0.2) is 9.97 Å². The van der Waals surface area contributed by atoms with E-state index in [1.807, 2.05) is 29.2 Å². The fraction of sp³-hybridized carbons (Fsp3) is 0.522. The van der Waals surface area contributed by atoms with E-state index in [0.717, 1.165) is 50.0 Å². The van der Waals surface area contributed by atoms with Crippen LogP contribution in [0.4, 0.5) is 5.82 Å². The zero-order valence-corrected chi connectivity index (χ0v) is 18.1. The van der Waals surface area contributed by atoms with Gasteiger partial charge in [-0.1, -0.05) is 48.6 Å². The normalized spacial score (nSPS) is 17.6. The van der Waals surface area contributed by atoms with Crippen molar-refractivity contribution < 1.29 is 4.79 Å². The van der Waals surface area contributed by atoms with Crippen LogP contribution < -0.4 is 4.90 Å². The Morgan fingerprint density at radius 1 is 1.03 bits per heavy atom. The second kappa shape index (κ2) is 8.61. The Labute approximate surface area is 182 Å². The van der Waals surface area contributed by atoms with Gasteiger partial charge in [0.1, 0.15) is 6.33 Å². The van der Waals surface area contributed by atoms with Crippen molar-refractivity contribution in [1.82, 2.24) is 29.9 Å². The van der Waals surface area contributed by atoms with Crippen molar-refractivity contribution in [2.75, 3.05) is 31.1 Å². The van der Waals surface area contributed by atoms with Crippen molar-refractivity contribution in [1.29, 1.82) is 0 Å². The maximum absolute atomic E-state index is 12.7. The maximum atomic E-state index is 12.7. The van der Waals surface area contributed by atoms with Crippen molar-refractivity contribution in [3.05, 3.63) is 36.2 Å². The van der Waals surface area contributed by atoms with E-state index in [4.69, 9.17) is 0 Å². The fourth-order valence-corrected chi connectivity index (χ4v) is 4.78. The van der Waals surface area contributed by atoms with Gasteiger partial charge >= 0.3 is 0 Å². The number of piperazine rings is 1. The predicted octanol–water partition coefficient (Wildman–Crippen LogP) is 3.14. The smallest absolute Gasteiger partial charge is 0.222 e. The molecule has 1 aliphatic heterocycles. The van der Waals surface area contributed by atoms with Gasteiger partial charge in [0.15, 0.2) is 17.0 Å². The molecule has 8 heteroatoms. The first-order valence-corrected chi connectivity index (χ1v) is 11.4. The van der Waals surface area contributed by atoms with E-state index in [-0.39, 0.29) is 0 Å². The highest BCUT2D eigenvalue weighted by Crippen LogP contribution is 2.29. The number of carbonyl (C=O) groups is 1. The molecule has 0 bridgehead atoms. The summed E-state index contributed by atoms with van der Waals surface area (Å²) in [5.41, 5.74) is 3.52. The molecule has 1 aromatic carbocycles. The Kier molecular flexibility index (Phi) is 5.53. The number of hydrogen-bond donors (Lipinski definition) is 0. The molecule has 3 heterocycles. The molecule has 2 fully saturated rings. The topological polar surface area (TPSA) is 80.0 Å². The van der Waals surface area contributed by atoms with Crippen molar-refractivity contribution in [2.24, 2.45) is 5.92 Å². The highest BCUT2D eigenvalue weighted by molar-refractivity contribution is 5.84. The van der Waals surface area contributed by atoms with E-state index in [1.165, 1.54) is 31.2 Å². The lowest BCUT2D eigenvalue weighted by molar-refractivity contribution is -0.131. The molecule has 1 saturated heterocycles. The average Bonchev–Trinajstić information content (AvgIpc) is 3.48. The number of aryl methyl sites for hydroxylation is 1. The van der Waals surface area contributed by atoms with Crippen molar-refractivity contribution >= 4 is 22.9 Å². The number of aromatic nitrogens is 5. The van der Waals surface area contributed by atoms with Gasteiger partial charge in [0.25, 0.3) is 0 Å². The molecule has 5 rings (SSSR count). The van der Waals surface area contributed by atoms with Crippen LogP contribution in [0, 0.1) is 12.8 Å². The lowest BCUT2D eigenvalue weighted by Gasteiger charge is -2.35. The summed E-state index contributed by atoms with van der Waals surface area (Å²) in [5, 5.41) is 8.71. The lowest BCUT2D eigenvalue weighted by Crippen LogP contribution is -2.49. The van der Waals surface area contributed by atoms with Crippen LogP contribution in [-0.2, 0) is 4.79 Å². The molecular formula is C23H29N7O. The van der Waals surface area contributed by atoms with Gasteiger partial charge in [-0.05, 0) is 31.4 Å². The number of benzene rings is 1. The number of hydrogen-bond acceptors (Lipinski definition) is 6. The molecule has 0 N–H and O–H groups in total. The van der Waals surface area contributed by atoms with Crippen LogP contribution >= 0.6 is 0 Å². The zero-order valence-electron chi connectivity index (χ0n) is 18.1. The van der Waals surface area contributed by atoms with E-state index < -0.39 is 0 Å².